The van der Waals surface area contributed by atoms with Crippen LogP contribution in [0.25, 0.3) is 11.1 Å². The predicted molar refractivity (Wildman–Crippen MR) is 153 cm³/mol. The molecule has 0 aliphatic carbocycles. The van der Waals surface area contributed by atoms with E-state index in [1.165, 1.54) is 0 Å². The molecule has 0 heterocycles. The first kappa shape index (κ1) is 23.9. The number of aliphatic imine (C=N–C) groups is 1. The first-order valence-electron chi connectivity index (χ1n) is 12.2. The molecule has 0 unspecified atom stereocenters. The molecule has 0 aliphatic rings. The standard InChI is InChI=1S/C33H28N4/c34-31(24-12-4-1-5-13-24)29-20-10-18-27(22-29)28-19-11-21-30(23-28)33(37-35)36-32(25-14-6-2-7-15-25)26-16-8-3-9-17-26/h1-23,32,34H,35H2,(H,36,37). The highest BCUT2D eigenvalue weighted by Crippen LogP contribution is 2.28. The fraction of sp³-hybridized carbons (Fsp3) is 0.0303. The Labute approximate surface area is 217 Å². The van der Waals surface area contributed by atoms with Crippen LogP contribution in [-0.4, -0.2) is 11.5 Å². The molecule has 4 N–H and O–H groups in total. The molecule has 5 aromatic carbocycles. The molecule has 5 aromatic rings. The number of nitrogens with zero attached hydrogens (tertiary/aromatic N) is 1. The van der Waals surface area contributed by atoms with Gasteiger partial charge < -0.3 is 5.43 Å². The van der Waals surface area contributed by atoms with Crippen LogP contribution in [0.2, 0.25) is 0 Å². The van der Waals surface area contributed by atoms with Crippen LogP contribution in [0.15, 0.2) is 145 Å². The number of benzene rings is 5. The maximum Gasteiger partial charge on any atom is 0.143 e. The summed E-state index contributed by atoms with van der Waals surface area (Å²) in [6.07, 6.45) is 0. The van der Waals surface area contributed by atoms with E-state index in [1.807, 2.05) is 91.0 Å². The van der Waals surface area contributed by atoms with E-state index < -0.39 is 0 Å². The summed E-state index contributed by atoms with van der Waals surface area (Å²) in [5.74, 6) is 6.62. The Balaban J connectivity index is 1.51. The third-order valence-corrected chi connectivity index (χ3v) is 6.31. The van der Waals surface area contributed by atoms with Gasteiger partial charge in [-0.3, -0.25) is 10.4 Å². The fourth-order valence-electron chi connectivity index (χ4n) is 4.41. The second kappa shape index (κ2) is 11.3. The van der Waals surface area contributed by atoms with Gasteiger partial charge in [0.25, 0.3) is 0 Å². The van der Waals surface area contributed by atoms with Gasteiger partial charge in [-0.25, -0.2) is 5.84 Å². The Morgan fingerprint density at radius 1 is 0.568 bits per heavy atom. The molecular weight excluding hydrogens is 452 g/mol. The molecule has 37 heavy (non-hydrogen) atoms. The van der Waals surface area contributed by atoms with Crippen LogP contribution < -0.4 is 11.3 Å². The number of amidine groups is 1. The van der Waals surface area contributed by atoms with Crippen molar-refractivity contribution in [3.05, 3.63) is 167 Å². The van der Waals surface area contributed by atoms with Crippen molar-refractivity contribution in [3.8, 4) is 11.1 Å². The van der Waals surface area contributed by atoms with Gasteiger partial charge in [-0.1, -0.05) is 127 Å². The van der Waals surface area contributed by atoms with Crippen LogP contribution in [0.1, 0.15) is 33.9 Å². The molecule has 0 bridgehead atoms. The van der Waals surface area contributed by atoms with Crippen LogP contribution in [-0.2, 0) is 0 Å². The zero-order valence-corrected chi connectivity index (χ0v) is 20.4. The molecule has 0 aliphatic heterocycles. The number of nitrogens with one attached hydrogen (secondary N) is 2. The van der Waals surface area contributed by atoms with E-state index in [2.05, 4.69) is 54.0 Å². The minimum atomic E-state index is -0.202. The lowest BCUT2D eigenvalue weighted by atomic mass is 9.96. The molecule has 4 heteroatoms. The molecule has 0 saturated carbocycles. The van der Waals surface area contributed by atoms with E-state index in [0.29, 0.717) is 11.5 Å². The summed E-state index contributed by atoms with van der Waals surface area (Å²) in [7, 11) is 0. The van der Waals surface area contributed by atoms with Crippen molar-refractivity contribution in [2.24, 2.45) is 10.8 Å². The lowest BCUT2D eigenvalue weighted by molar-refractivity contribution is 0.852. The van der Waals surface area contributed by atoms with Crippen molar-refractivity contribution in [2.45, 2.75) is 6.04 Å². The Bertz CT molecular complexity index is 1470. The molecule has 0 saturated heterocycles. The van der Waals surface area contributed by atoms with E-state index in [-0.39, 0.29) is 6.04 Å². The quantitative estimate of drug-likeness (QED) is 0.104. The molecule has 5 rings (SSSR count). The van der Waals surface area contributed by atoms with Gasteiger partial charge in [-0.2, -0.15) is 0 Å². The van der Waals surface area contributed by atoms with Crippen LogP contribution in [0.4, 0.5) is 0 Å². The summed E-state index contributed by atoms with van der Waals surface area (Å²) < 4.78 is 0. The van der Waals surface area contributed by atoms with E-state index in [1.54, 1.807) is 0 Å². The molecule has 0 aromatic heterocycles. The van der Waals surface area contributed by atoms with Crippen molar-refractivity contribution >= 4 is 11.5 Å². The largest absolute Gasteiger partial charge is 0.308 e. The summed E-state index contributed by atoms with van der Waals surface area (Å²) in [5, 5.41) is 8.67. The zero-order chi connectivity index (χ0) is 25.5. The number of hydrazine groups is 1. The lowest BCUT2D eigenvalue weighted by Crippen LogP contribution is -2.31. The highest BCUT2D eigenvalue weighted by Gasteiger charge is 2.15. The lowest BCUT2D eigenvalue weighted by Gasteiger charge is -2.17. The smallest absolute Gasteiger partial charge is 0.143 e. The van der Waals surface area contributed by atoms with Crippen molar-refractivity contribution in [2.75, 3.05) is 0 Å². The SMILES string of the molecule is N=C(c1ccccc1)c1cccc(-c2cccc(C(=NC(c3ccccc3)c3ccccc3)NN)c2)c1. The minimum Gasteiger partial charge on any atom is -0.308 e. The van der Waals surface area contributed by atoms with Gasteiger partial charge in [0, 0.05) is 11.1 Å². The topological polar surface area (TPSA) is 74.3 Å². The number of hydrogen-bond acceptors (Lipinski definition) is 3. The van der Waals surface area contributed by atoms with Gasteiger partial charge in [0.05, 0.1) is 5.71 Å². The van der Waals surface area contributed by atoms with Crippen molar-refractivity contribution in [1.82, 2.24) is 5.43 Å². The average Bonchev–Trinajstić information content (AvgIpc) is 2.99. The van der Waals surface area contributed by atoms with E-state index >= 15 is 0 Å². The van der Waals surface area contributed by atoms with Gasteiger partial charge in [0.15, 0.2) is 0 Å². The summed E-state index contributed by atoms with van der Waals surface area (Å²) in [4.78, 5) is 5.07. The van der Waals surface area contributed by atoms with Gasteiger partial charge >= 0.3 is 0 Å². The predicted octanol–water partition coefficient (Wildman–Crippen LogP) is 6.77. The number of hydrogen-bond donors (Lipinski definition) is 3. The second-order valence-electron chi connectivity index (χ2n) is 8.75. The average molecular weight is 481 g/mol. The molecule has 180 valence electrons. The summed E-state index contributed by atoms with van der Waals surface area (Å²) in [6.45, 7) is 0. The van der Waals surface area contributed by atoms with Gasteiger partial charge in [-0.05, 0) is 39.9 Å². The van der Waals surface area contributed by atoms with E-state index in [9.17, 15) is 0 Å². The Morgan fingerprint density at radius 2 is 1.03 bits per heavy atom. The molecular formula is C33H28N4. The Kier molecular flexibility index (Phi) is 7.30. The van der Waals surface area contributed by atoms with Crippen LogP contribution in [0.5, 0.6) is 0 Å². The van der Waals surface area contributed by atoms with Crippen molar-refractivity contribution in [3.63, 3.8) is 0 Å². The van der Waals surface area contributed by atoms with Crippen molar-refractivity contribution < 1.29 is 0 Å². The molecule has 0 amide bonds. The maximum atomic E-state index is 8.67. The molecule has 0 radical (unpaired) electrons. The van der Waals surface area contributed by atoms with E-state index in [0.717, 1.165) is 38.9 Å². The first-order valence-corrected chi connectivity index (χ1v) is 12.2. The van der Waals surface area contributed by atoms with E-state index in [4.69, 9.17) is 16.2 Å². The van der Waals surface area contributed by atoms with Crippen LogP contribution in [0, 0.1) is 5.41 Å². The number of rotatable bonds is 7. The summed E-state index contributed by atoms with van der Waals surface area (Å²) in [6, 6.07) is 46.3. The Hall–Kier alpha value is -4.80. The molecule has 0 fully saturated rings. The van der Waals surface area contributed by atoms with Gasteiger partial charge in [-0.15, -0.1) is 0 Å². The van der Waals surface area contributed by atoms with Crippen LogP contribution in [0.3, 0.4) is 0 Å². The number of nitrogens with two attached hydrogens (primary N) is 1. The summed E-state index contributed by atoms with van der Waals surface area (Å²) >= 11 is 0. The minimum absolute atomic E-state index is 0.202. The Morgan fingerprint density at radius 3 is 1.57 bits per heavy atom. The van der Waals surface area contributed by atoms with Crippen molar-refractivity contribution in [1.29, 1.82) is 5.41 Å². The maximum absolute atomic E-state index is 8.67. The highest BCUT2D eigenvalue weighted by atomic mass is 15.3. The molecule has 0 atom stereocenters. The zero-order valence-electron chi connectivity index (χ0n) is 20.4. The normalized spacial score (nSPS) is 11.4. The molecule has 4 nitrogen and oxygen atoms in total. The first-order chi connectivity index (χ1) is 18.2. The van der Waals surface area contributed by atoms with Gasteiger partial charge in [0.2, 0.25) is 0 Å². The third-order valence-electron chi connectivity index (χ3n) is 6.31. The monoisotopic (exact) mass is 480 g/mol. The van der Waals surface area contributed by atoms with Gasteiger partial charge in [0.1, 0.15) is 11.9 Å². The third kappa shape index (κ3) is 5.56. The second-order valence-corrected chi connectivity index (χ2v) is 8.75. The highest BCUT2D eigenvalue weighted by molar-refractivity contribution is 6.11. The summed E-state index contributed by atoms with van der Waals surface area (Å²) in [5.41, 5.74) is 10.2. The fourth-order valence-corrected chi connectivity index (χ4v) is 4.41. The van der Waals surface area contributed by atoms with Crippen LogP contribution >= 0.6 is 0 Å². The molecule has 0 spiro atoms.